The van der Waals surface area contributed by atoms with Crippen LogP contribution in [0.2, 0.25) is 0 Å². The highest BCUT2D eigenvalue weighted by atomic mass is 35.5. The lowest BCUT2D eigenvalue weighted by Crippen LogP contribution is -2.48. The number of likely N-dealkylation sites (N-methyl/N-ethyl adjacent to an activating group) is 1. The van der Waals surface area contributed by atoms with E-state index in [2.05, 4.69) is 10.6 Å². The number of hydrogen-bond acceptors (Lipinski definition) is 5. The van der Waals surface area contributed by atoms with Crippen LogP contribution in [-0.4, -0.2) is 56.7 Å². The van der Waals surface area contributed by atoms with Gasteiger partial charge < -0.3 is 26.0 Å². The molecule has 0 saturated heterocycles. The molecule has 2 amide bonds. The molecule has 26 heavy (non-hydrogen) atoms. The van der Waals surface area contributed by atoms with E-state index in [0.717, 1.165) is 5.56 Å². The number of carbonyl (C=O) groups is 2. The Hall–Kier alpha value is -1.99. The number of halogens is 1. The lowest BCUT2D eigenvalue weighted by atomic mass is 10.0. The Labute approximate surface area is 163 Å². The van der Waals surface area contributed by atoms with Crippen LogP contribution in [-0.2, 0) is 16.0 Å². The predicted octanol–water partition coefficient (Wildman–Crippen LogP) is 2.05. The first kappa shape index (κ1) is 26.2. The molecule has 0 unspecified atom stereocenters. The molecule has 0 bridgehead atoms. The minimum Gasteiger partial charge on any atom is -0.444 e. The van der Waals surface area contributed by atoms with E-state index in [1.807, 2.05) is 26.2 Å². The fourth-order valence-electron chi connectivity index (χ4n) is 1.85. The topological polar surface area (TPSA) is 96.7 Å². The molecule has 8 heteroatoms. The van der Waals surface area contributed by atoms with E-state index >= 15 is 0 Å². The normalized spacial score (nSPS) is 11.2. The van der Waals surface area contributed by atoms with Gasteiger partial charge in [-0.3, -0.25) is 4.79 Å². The molecule has 0 radical (unpaired) electrons. The Balaban J connectivity index is 0. The Bertz CT molecular complexity index is 542. The van der Waals surface area contributed by atoms with Crippen molar-refractivity contribution < 1.29 is 14.3 Å². The summed E-state index contributed by atoms with van der Waals surface area (Å²) in [5, 5.41) is 5.38. The second-order valence-corrected chi connectivity index (χ2v) is 6.88. The number of carbonyl (C=O) groups excluding carboxylic acids is 2. The zero-order chi connectivity index (χ0) is 19.6. The average Bonchev–Trinajstić information content (AvgIpc) is 2.46. The van der Waals surface area contributed by atoms with E-state index in [-0.39, 0.29) is 18.3 Å². The summed E-state index contributed by atoms with van der Waals surface area (Å²) in [6, 6.07) is 6.51. The van der Waals surface area contributed by atoms with Crippen LogP contribution >= 0.6 is 12.4 Å². The quantitative estimate of drug-likeness (QED) is 0.686. The highest BCUT2D eigenvalue weighted by molar-refractivity contribution is 5.86. The van der Waals surface area contributed by atoms with Gasteiger partial charge in [0.2, 0.25) is 5.91 Å². The lowest BCUT2D eigenvalue weighted by Gasteiger charge is -2.25. The van der Waals surface area contributed by atoms with E-state index in [0.29, 0.717) is 12.1 Å². The van der Waals surface area contributed by atoms with Gasteiger partial charge in [0.15, 0.2) is 0 Å². The number of alkyl carbamates (subject to hydrolysis) is 1. The number of amides is 2. The Kier molecular flexibility index (Phi) is 12.5. The summed E-state index contributed by atoms with van der Waals surface area (Å²) in [7, 11) is 7.05. The molecule has 0 fully saturated rings. The van der Waals surface area contributed by atoms with Crippen LogP contribution in [0, 0.1) is 0 Å². The molecule has 7 nitrogen and oxygen atoms in total. The van der Waals surface area contributed by atoms with E-state index in [4.69, 9.17) is 10.5 Å². The SMILES string of the molecule is CN(C)C(=O)[C@H](Cc1ccc(N)cc1)NC(=O)OC(C)(C)C.CNC.Cl. The van der Waals surface area contributed by atoms with Gasteiger partial charge in [0.25, 0.3) is 0 Å². The van der Waals surface area contributed by atoms with Gasteiger partial charge in [0, 0.05) is 26.2 Å². The smallest absolute Gasteiger partial charge is 0.408 e. The van der Waals surface area contributed by atoms with Crippen molar-refractivity contribution in [2.24, 2.45) is 0 Å². The molecule has 0 aliphatic rings. The van der Waals surface area contributed by atoms with E-state index in [1.54, 1.807) is 47.0 Å². The van der Waals surface area contributed by atoms with Crippen LogP contribution in [0.3, 0.4) is 0 Å². The van der Waals surface area contributed by atoms with Gasteiger partial charge in [-0.1, -0.05) is 12.1 Å². The molecular formula is C18H33ClN4O3. The standard InChI is InChI=1S/C16H25N3O3.C2H7N.ClH/c1-16(2,3)22-15(21)18-13(14(20)19(4)5)10-11-6-8-12(17)9-7-11;1-3-2;/h6-9,13H,10,17H2,1-5H3,(H,18,21);3H,1-2H3;1H/t13-;;/m0../s1. The lowest BCUT2D eigenvalue weighted by molar-refractivity contribution is -0.130. The van der Waals surface area contributed by atoms with Gasteiger partial charge in [-0.25, -0.2) is 4.79 Å². The van der Waals surface area contributed by atoms with Crippen molar-refractivity contribution in [3.05, 3.63) is 29.8 Å². The molecule has 0 aliphatic carbocycles. The number of benzene rings is 1. The van der Waals surface area contributed by atoms with Crippen LogP contribution in [0.25, 0.3) is 0 Å². The number of nitrogens with one attached hydrogen (secondary N) is 2. The number of nitrogens with two attached hydrogens (primary N) is 1. The first-order valence-corrected chi connectivity index (χ1v) is 8.13. The molecule has 4 N–H and O–H groups in total. The minimum atomic E-state index is -0.687. The summed E-state index contributed by atoms with van der Waals surface area (Å²) in [4.78, 5) is 25.6. The van der Waals surface area contributed by atoms with Crippen LogP contribution in [0.1, 0.15) is 26.3 Å². The second kappa shape index (κ2) is 12.4. The summed E-state index contributed by atoms with van der Waals surface area (Å²) in [6.07, 6.45) is -0.237. The molecular weight excluding hydrogens is 356 g/mol. The molecule has 0 saturated carbocycles. The summed E-state index contributed by atoms with van der Waals surface area (Å²) >= 11 is 0. The maximum Gasteiger partial charge on any atom is 0.408 e. The van der Waals surface area contributed by atoms with Crippen molar-refractivity contribution in [1.29, 1.82) is 0 Å². The third-order valence-corrected chi connectivity index (χ3v) is 2.85. The predicted molar refractivity (Wildman–Crippen MR) is 109 cm³/mol. The molecule has 0 heterocycles. The number of hydrogen-bond donors (Lipinski definition) is 3. The molecule has 1 rings (SSSR count). The summed E-state index contributed by atoms with van der Waals surface area (Å²) in [5.41, 5.74) is 6.60. The van der Waals surface area contributed by atoms with Crippen molar-refractivity contribution in [2.45, 2.75) is 38.8 Å². The fourth-order valence-corrected chi connectivity index (χ4v) is 1.85. The second-order valence-electron chi connectivity index (χ2n) is 6.88. The number of ether oxygens (including phenoxy) is 1. The molecule has 0 spiro atoms. The van der Waals surface area contributed by atoms with E-state index < -0.39 is 17.7 Å². The molecule has 1 aromatic rings. The van der Waals surface area contributed by atoms with Gasteiger partial charge in [0.1, 0.15) is 11.6 Å². The van der Waals surface area contributed by atoms with E-state index in [1.165, 1.54) is 4.90 Å². The van der Waals surface area contributed by atoms with Gasteiger partial charge in [-0.15, -0.1) is 12.4 Å². The van der Waals surface area contributed by atoms with E-state index in [9.17, 15) is 9.59 Å². The van der Waals surface area contributed by atoms with Gasteiger partial charge in [0.05, 0.1) is 0 Å². The first-order valence-electron chi connectivity index (χ1n) is 8.13. The molecule has 0 aromatic heterocycles. The van der Waals surface area contributed by atoms with Crippen molar-refractivity contribution in [2.75, 3.05) is 33.9 Å². The number of nitrogens with zero attached hydrogens (tertiary/aromatic N) is 1. The number of rotatable bonds is 4. The highest BCUT2D eigenvalue weighted by Gasteiger charge is 2.25. The number of anilines is 1. The molecule has 1 aromatic carbocycles. The minimum absolute atomic E-state index is 0. The molecule has 1 atom stereocenters. The Morgan fingerprint density at radius 2 is 1.62 bits per heavy atom. The third kappa shape index (κ3) is 11.5. The van der Waals surface area contributed by atoms with Gasteiger partial charge in [-0.2, -0.15) is 0 Å². The van der Waals surface area contributed by atoms with Gasteiger partial charge in [-0.05, 0) is 52.6 Å². The first-order chi connectivity index (χ1) is 11.5. The summed E-state index contributed by atoms with van der Waals surface area (Å²) < 4.78 is 5.21. The monoisotopic (exact) mass is 388 g/mol. The zero-order valence-electron chi connectivity index (χ0n) is 16.8. The van der Waals surface area contributed by atoms with Crippen molar-refractivity contribution in [3.8, 4) is 0 Å². The molecule has 0 aliphatic heterocycles. The maximum atomic E-state index is 12.2. The Morgan fingerprint density at radius 3 is 2.00 bits per heavy atom. The Morgan fingerprint density at radius 1 is 1.15 bits per heavy atom. The fraction of sp³-hybridized carbons (Fsp3) is 0.556. The maximum absolute atomic E-state index is 12.2. The largest absolute Gasteiger partial charge is 0.444 e. The van der Waals surface area contributed by atoms with Gasteiger partial charge >= 0.3 is 6.09 Å². The average molecular weight is 389 g/mol. The zero-order valence-corrected chi connectivity index (χ0v) is 17.6. The highest BCUT2D eigenvalue weighted by Crippen LogP contribution is 2.11. The summed E-state index contributed by atoms with van der Waals surface area (Å²) in [6.45, 7) is 5.32. The van der Waals surface area contributed by atoms with Crippen molar-refractivity contribution in [3.63, 3.8) is 0 Å². The van der Waals surface area contributed by atoms with Crippen molar-refractivity contribution in [1.82, 2.24) is 15.5 Å². The van der Waals surface area contributed by atoms with Crippen LogP contribution in [0.5, 0.6) is 0 Å². The van der Waals surface area contributed by atoms with Crippen LogP contribution in [0.4, 0.5) is 10.5 Å². The third-order valence-electron chi connectivity index (χ3n) is 2.85. The van der Waals surface area contributed by atoms with Crippen molar-refractivity contribution >= 4 is 30.1 Å². The van der Waals surface area contributed by atoms with Crippen LogP contribution < -0.4 is 16.4 Å². The summed E-state index contributed by atoms with van der Waals surface area (Å²) in [5.74, 6) is -0.192. The van der Waals surface area contributed by atoms with Crippen LogP contribution in [0.15, 0.2) is 24.3 Å². The number of nitrogen functional groups attached to an aromatic ring is 1. The molecule has 150 valence electrons.